The summed E-state index contributed by atoms with van der Waals surface area (Å²) in [7, 11) is 0. The van der Waals surface area contributed by atoms with E-state index in [4.69, 9.17) is 0 Å². The van der Waals surface area contributed by atoms with Crippen LogP contribution in [0.2, 0.25) is 0 Å². The molecular weight excluding hydrogens is 280 g/mol. The Morgan fingerprint density at radius 2 is 2.18 bits per heavy atom. The lowest BCUT2D eigenvalue weighted by molar-refractivity contribution is 0.249. The van der Waals surface area contributed by atoms with Crippen LogP contribution in [-0.2, 0) is 0 Å². The van der Waals surface area contributed by atoms with Crippen LogP contribution in [0.15, 0.2) is 16.6 Å². The highest BCUT2D eigenvalue weighted by Gasteiger charge is 2.08. The van der Waals surface area contributed by atoms with Crippen LogP contribution in [-0.4, -0.2) is 49.2 Å². The molecule has 0 saturated carbocycles. The number of nitrogens with zero attached hydrogens (tertiary/aromatic N) is 2. The number of hydrogen-bond donors (Lipinski definition) is 2. The molecule has 5 heteroatoms. The van der Waals surface area contributed by atoms with E-state index in [1.54, 1.807) is 0 Å². The Morgan fingerprint density at radius 1 is 1.41 bits per heavy atom. The van der Waals surface area contributed by atoms with Gasteiger partial charge < -0.3 is 10.6 Å². The quantitative estimate of drug-likeness (QED) is 0.883. The smallest absolute Gasteiger partial charge is 0.126 e. The molecule has 0 radical (unpaired) electrons. The van der Waals surface area contributed by atoms with E-state index in [-0.39, 0.29) is 0 Å². The molecular formula is C12H19BrN4. The predicted molar refractivity (Wildman–Crippen MR) is 74.5 cm³/mol. The third kappa shape index (κ3) is 3.94. The molecule has 0 amide bonds. The zero-order chi connectivity index (χ0) is 12.1. The monoisotopic (exact) mass is 298 g/mol. The van der Waals surface area contributed by atoms with Gasteiger partial charge in [-0.25, -0.2) is 4.98 Å². The van der Waals surface area contributed by atoms with Crippen molar-refractivity contribution >= 4 is 21.7 Å². The molecule has 2 rings (SSSR count). The first-order valence-electron chi connectivity index (χ1n) is 6.06. The molecule has 0 aromatic carbocycles. The fraction of sp³-hybridized carbons (Fsp3) is 0.583. The minimum atomic E-state index is 0.952. The van der Waals surface area contributed by atoms with Crippen molar-refractivity contribution in [2.45, 2.75) is 6.92 Å². The Hall–Kier alpha value is -0.650. The highest BCUT2D eigenvalue weighted by atomic mass is 79.9. The topological polar surface area (TPSA) is 40.2 Å². The van der Waals surface area contributed by atoms with E-state index in [2.05, 4.69) is 36.4 Å². The van der Waals surface area contributed by atoms with Gasteiger partial charge in [-0.15, -0.1) is 0 Å². The predicted octanol–water partition coefficient (Wildman–Crippen LogP) is 1.47. The summed E-state index contributed by atoms with van der Waals surface area (Å²) >= 11 is 3.45. The summed E-state index contributed by atoms with van der Waals surface area (Å²) in [5.41, 5.74) is 1.03. The maximum absolute atomic E-state index is 4.47. The molecule has 1 aliphatic rings. The van der Waals surface area contributed by atoms with Gasteiger partial charge in [0.2, 0.25) is 0 Å². The summed E-state index contributed by atoms with van der Waals surface area (Å²) in [5, 5.41) is 6.72. The van der Waals surface area contributed by atoms with E-state index in [1.807, 2.05) is 19.1 Å². The van der Waals surface area contributed by atoms with Gasteiger partial charge in [-0.1, -0.05) is 0 Å². The number of anilines is 1. The van der Waals surface area contributed by atoms with Crippen molar-refractivity contribution in [2.24, 2.45) is 0 Å². The average molecular weight is 299 g/mol. The number of nitrogens with one attached hydrogen (secondary N) is 2. The second-order valence-corrected chi connectivity index (χ2v) is 5.14. The first-order chi connectivity index (χ1) is 8.25. The van der Waals surface area contributed by atoms with Gasteiger partial charge >= 0.3 is 0 Å². The van der Waals surface area contributed by atoms with Crippen molar-refractivity contribution in [3.05, 3.63) is 22.3 Å². The number of aryl methyl sites for hydroxylation is 1. The van der Waals surface area contributed by atoms with Crippen LogP contribution in [0, 0.1) is 6.92 Å². The largest absolute Gasteiger partial charge is 0.369 e. The molecule has 0 unspecified atom stereocenters. The van der Waals surface area contributed by atoms with Crippen molar-refractivity contribution in [1.29, 1.82) is 0 Å². The molecule has 1 aromatic heterocycles. The van der Waals surface area contributed by atoms with E-state index in [0.717, 1.165) is 55.3 Å². The van der Waals surface area contributed by atoms with Crippen LogP contribution in [0.4, 0.5) is 5.82 Å². The van der Waals surface area contributed by atoms with Gasteiger partial charge in [0.25, 0.3) is 0 Å². The summed E-state index contributed by atoms with van der Waals surface area (Å²) in [6.07, 6.45) is 0. The molecule has 4 nitrogen and oxygen atoms in total. The average Bonchev–Trinajstić information content (AvgIpc) is 2.35. The maximum atomic E-state index is 4.47. The molecule has 0 atom stereocenters. The third-order valence-electron chi connectivity index (χ3n) is 2.97. The van der Waals surface area contributed by atoms with Gasteiger partial charge in [0.05, 0.1) is 5.69 Å². The number of piperazine rings is 1. The van der Waals surface area contributed by atoms with E-state index in [0.29, 0.717) is 0 Å². The lowest BCUT2D eigenvalue weighted by atomic mass is 10.3. The van der Waals surface area contributed by atoms with Gasteiger partial charge in [0.15, 0.2) is 0 Å². The van der Waals surface area contributed by atoms with Crippen molar-refractivity contribution in [3.63, 3.8) is 0 Å². The Morgan fingerprint density at radius 3 is 2.88 bits per heavy atom. The number of pyridine rings is 1. The summed E-state index contributed by atoms with van der Waals surface area (Å²) in [4.78, 5) is 6.93. The SMILES string of the molecule is Cc1nc(NCCN2CCNCC2)ccc1Br. The molecule has 1 saturated heterocycles. The fourth-order valence-electron chi connectivity index (χ4n) is 1.92. The lowest BCUT2D eigenvalue weighted by Gasteiger charge is -2.27. The standard InChI is InChI=1S/C12H19BrN4/c1-10-11(13)2-3-12(16-10)15-6-9-17-7-4-14-5-8-17/h2-3,14H,4-9H2,1H3,(H,15,16). The minimum absolute atomic E-state index is 0.952. The van der Waals surface area contributed by atoms with Gasteiger partial charge in [-0.05, 0) is 35.0 Å². The van der Waals surface area contributed by atoms with E-state index in [1.165, 1.54) is 0 Å². The summed E-state index contributed by atoms with van der Waals surface area (Å²) < 4.78 is 1.06. The van der Waals surface area contributed by atoms with Crippen LogP contribution in [0.3, 0.4) is 0 Å². The van der Waals surface area contributed by atoms with E-state index in [9.17, 15) is 0 Å². The van der Waals surface area contributed by atoms with Crippen LogP contribution >= 0.6 is 15.9 Å². The minimum Gasteiger partial charge on any atom is -0.369 e. The zero-order valence-corrected chi connectivity index (χ0v) is 11.8. The maximum Gasteiger partial charge on any atom is 0.126 e. The number of aromatic nitrogens is 1. The van der Waals surface area contributed by atoms with Gasteiger partial charge in [-0.2, -0.15) is 0 Å². The molecule has 0 spiro atoms. The number of rotatable bonds is 4. The molecule has 2 N–H and O–H groups in total. The van der Waals surface area contributed by atoms with Crippen molar-refractivity contribution in [1.82, 2.24) is 15.2 Å². The summed E-state index contributed by atoms with van der Waals surface area (Å²) in [6.45, 7) is 8.55. The van der Waals surface area contributed by atoms with E-state index >= 15 is 0 Å². The second-order valence-electron chi connectivity index (χ2n) is 4.28. The Bertz CT molecular complexity index is 364. The van der Waals surface area contributed by atoms with Crippen molar-refractivity contribution in [2.75, 3.05) is 44.6 Å². The normalized spacial score (nSPS) is 17.1. The Labute approximate surface area is 111 Å². The Balaban J connectivity index is 1.75. The first kappa shape index (κ1) is 12.8. The molecule has 2 heterocycles. The summed E-state index contributed by atoms with van der Waals surface area (Å²) in [6, 6.07) is 4.05. The van der Waals surface area contributed by atoms with Crippen molar-refractivity contribution in [3.8, 4) is 0 Å². The van der Waals surface area contributed by atoms with Crippen molar-refractivity contribution < 1.29 is 0 Å². The summed E-state index contributed by atoms with van der Waals surface area (Å²) in [5.74, 6) is 0.959. The molecule has 17 heavy (non-hydrogen) atoms. The molecule has 0 bridgehead atoms. The number of hydrogen-bond acceptors (Lipinski definition) is 4. The fourth-order valence-corrected chi connectivity index (χ4v) is 2.14. The van der Waals surface area contributed by atoms with Gasteiger partial charge in [-0.3, -0.25) is 4.90 Å². The van der Waals surface area contributed by atoms with Gasteiger partial charge in [0.1, 0.15) is 5.82 Å². The molecule has 0 aliphatic carbocycles. The molecule has 94 valence electrons. The van der Waals surface area contributed by atoms with Crippen LogP contribution < -0.4 is 10.6 Å². The lowest BCUT2D eigenvalue weighted by Crippen LogP contribution is -2.45. The first-order valence-corrected chi connectivity index (χ1v) is 6.85. The molecule has 1 fully saturated rings. The third-order valence-corrected chi connectivity index (χ3v) is 3.80. The van der Waals surface area contributed by atoms with Crippen LogP contribution in [0.25, 0.3) is 0 Å². The van der Waals surface area contributed by atoms with E-state index < -0.39 is 0 Å². The second kappa shape index (κ2) is 6.33. The van der Waals surface area contributed by atoms with Crippen LogP contribution in [0.1, 0.15) is 5.69 Å². The number of halogens is 1. The zero-order valence-electron chi connectivity index (χ0n) is 10.2. The van der Waals surface area contributed by atoms with Crippen LogP contribution in [0.5, 0.6) is 0 Å². The highest BCUT2D eigenvalue weighted by Crippen LogP contribution is 2.15. The molecule has 1 aromatic rings. The Kier molecular flexibility index (Phi) is 4.76. The highest BCUT2D eigenvalue weighted by molar-refractivity contribution is 9.10. The molecule has 1 aliphatic heterocycles. The van der Waals surface area contributed by atoms with Gasteiger partial charge in [0, 0.05) is 43.7 Å².